The highest BCUT2D eigenvalue weighted by atomic mass is 19.4. The maximum absolute atomic E-state index is 12.9. The third kappa shape index (κ3) is 3.72. The van der Waals surface area contributed by atoms with E-state index in [1.54, 1.807) is 0 Å². The number of halogens is 7. The second-order valence-electron chi connectivity index (χ2n) is 3.40. The molecule has 0 heterocycles. The van der Waals surface area contributed by atoms with Crippen molar-refractivity contribution in [3.05, 3.63) is 47.5 Å². The first-order chi connectivity index (χ1) is 9.05. The van der Waals surface area contributed by atoms with Crippen molar-refractivity contribution in [1.82, 2.24) is 0 Å². The normalized spacial score (nSPS) is 13.8. The minimum atomic E-state index is -5.95. The van der Waals surface area contributed by atoms with E-state index in [-0.39, 0.29) is 0 Å². The Labute approximate surface area is 107 Å². The summed E-state index contributed by atoms with van der Waals surface area (Å²) in [5.74, 6) is -8.99. The molecule has 0 saturated heterocycles. The van der Waals surface area contributed by atoms with Crippen LogP contribution in [0.2, 0.25) is 0 Å². The highest BCUT2D eigenvalue weighted by Crippen LogP contribution is 2.37. The zero-order valence-electron chi connectivity index (χ0n) is 9.35. The van der Waals surface area contributed by atoms with Crippen molar-refractivity contribution in [3.8, 4) is 0 Å². The van der Waals surface area contributed by atoms with Gasteiger partial charge < -0.3 is 4.74 Å². The third-order valence-electron chi connectivity index (χ3n) is 1.93. The predicted molar refractivity (Wildman–Crippen MR) is 52.1 cm³/mol. The van der Waals surface area contributed by atoms with E-state index in [0.29, 0.717) is 0 Å². The predicted octanol–water partition coefficient (Wildman–Crippen LogP) is 4.15. The molecule has 0 aliphatic carbocycles. The van der Waals surface area contributed by atoms with Crippen LogP contribution in [0.5, 0.6) is 0 Å². The summed E-state index contributed by atoms with van der Waals surface area (Å²) in [6.45, 7) is 0. The van der Waals surface area contributed by atoms with Crippen LogP contribution in [-0.2, 0) is 4.74 Å². The second-order valence-corrected chi connectivity index (χ2v) is 3.40. The van der Waals surface area contributed by atoms with Gasteiger partial charge in [0.1, 0.15) is 0 Å². The Morgan fingerprint density at radius 2 is 1.40 bits per heavy atom. The Bertz CT molecular complexity index is 519. The number of allylic oxidation sites excluding steroid dienone is 1. The molecular formula is C11H5F7O2. The van der Waals surface area contributed by atoms with Gasteiger partial charge in [-0.25, -0.2) is 4.79 Å². The Balaban J connectivity index is 2.99. The van der Waals surface area contributed by atoms with Crippen molar-refractivity contribution in [1.29, 1.82) is 0 Å². The molecule has 9 heteroatoms. The molecule has 1 aromatic rings. The minimum absolute atomic E-state index is 0.465. The van der Waals surface area contributed by atoms with Crippen LogP contribution in [0.25, 0.3) is 0 Å². The first-order valence-electron chi connectivity index (χ1n) is 4.85. The van der Waals surface area contributed by atoms with Crippen LogP contribution in [-0.4, -0.2) is 18.3 Å². The summed E-state index contributed by atoms with van der Waals surface area (Å²) in [6, 6.07) is 5.91. The maximum atomic E-state index is 12.9. The summed E-state index contributed by atoms with van der Waals surface area (Å²) in [4.78, 5) is 11.1. The minimum Gasteiger partial charge on any atom is -0.391 e. The number of carbonyl (C=O) groups is 1. The van der Waals surface area contributed by atoms with Crippen molar-refractivity contribution in [3.63, 3.8) is 0 Å². The maximum Gasteiger partial charge on any atom is 0.459 e. The van der Waals surface area contributed by atoms with Gasteiger partial charge in [-0.3, -0.25) is 0 Å². The lowest BCUT2D eigenvalue weighted by Gasteiger charge is -2.16. The second kappa shape index (κ2) is 5.51. The van der Waals surface area contributed by atoms with Gasteiger partial charge in [-0.2, -0.15) is 30.7 Å². The van der Waals surface area contributed by atoms with Gasteiger partial charge in [0.25, 0.3) is 5.83 Å². The van der Waals surface area contributed by atoms with Crippen molar-refractivity contribution in [2.24, 2.45) is 0 Å². The SMILES string of the molecule is O=C(OC(F)(F)C(F)=C(F)C(F)(F)F)c1ccccc1. The highest BCUT2D eigenvalue weighted by molar-refractivity contribution is 5.89. The van der Waals surface area contributed by atoms with Crippen molar-refractivity contribution < 1.29 is 40.3 Å². The number of hydrogen-bond acceptors (Lipinski definition) is 2. The van der Waals surface area contributed by atoms with Crippen molar-refractivity contribution in [2.75, 3.05) is 0 Å². The number of rotatable bonds is 3. The molecule has 0 unspecified atom stereocenters. The van der Waals surface area contributed by atoms with Crippen molar-refractivity contribution in [2.45, 2.75) is 12.3 Å². The van der Waals surface area contributed by atoms with E-state index in [0.717, 1.165) is 12.1 Å². The topological polar surface area (TPSA) is 26.3 Å². The molecule has 0 spiro atoms. The summed E-state index contributed by atoms with van der Waals surface area (Å²) < 4.78 is 89.4. The molecule has 0 radical (unpaired) electrons. The molecule has 1 rings (SSSR count). The van der Waals surface area contributed by atoms with Crippen LogP contribution in [0.4, 0.5) is 30.7 Å². The first kappa shape index (κ1) is 16.0. The lowest BCUT2D eigenvalue weighted by atomic mass is 10.2. The molecule has 0 N–H and O–H groups in total. The van der Waals surface area contributed by atoms with Gasteiger partial charge >= 0.3 is 18.3 Å². The zero-order chi connectivity index (χ0) is 15.6. The quantitative estimate of drug-likeness (QED) is 0.619. The molecule has 2 nitrogen and oxygen atoms in total. The van der Waals surface area contributed by atoms with Gasteiger partial charge in [-0.05, 0) is 12.1 Å². The lowest BCUT2D eigenvalue weighted by Crippen LogP contribution is -2.28. The largest absolute Gasteiger partial charge is 0.459 e. The monoisotopic (exact) mass is 302 g/mol. The zero-order valence-corrected chi connectivity index (χ0v) is 9.35. The number of esters is 1. The fourth-order valence-electron chi connectivity index (χ4n) is 1.05. The number of alkyl halides is 5. The van der Waals surface area contributed by atoms with E-state index in [4.69, 9.17) is 0 Å². The van der Waals surface area contributed by atoms with Crippen LogP contribution in [0.1, 0.15) is 10.4 Å². The number of benzene rings is 1. The summed E-state index contributed by atoms with van der Waals surface area (Å²) >= 11 is 0. The van der Waals surface area contributed by atoms with E-state index in [9.17, 15) is 35.5 Å². The molecule has 0 amide bonds. The number of hydrogen-bond donors (Lipinski definition) is 0. The summed E-state index contributed by atoms with van der Waals surface area (Å²) in [7, 11) is 0. The molecule has 20 heavy (non-hydrogen) atoms. The molecule has 0 fully saturated rings. The van der Waals surface area contributed by atoms with Gasteiger partial charge in [-0.15, -0.1) is 0 Å². The standard InChI is InChI=1S/C11H5F7O2/c12-7(10(14,15)16)8(13)11(17,18)20-9(19)6-4-2-1-3-5-6/h1-5H. The number of ether oxygens (including phenoxy) is 1. The smallest absolute Gasteiger partial charge is 0.391 e. The molecule has 0 aliphatic rings. The van der Waals surface area contributed by atoms with E-state index >= 15 is 0 Å². The Morgan fingerprint density at radius 3 is 1.85 bits per heavy atom. The lowest BCUT2D eigenvalue weighted by molar-refractivity contribution is -0.191. The van der Waals surface area contributed by atoms with E-state index in [1.807, 2.05) is 0 Å². The van der Waals surface area contributed by atoms with Gasteiger partial charge in [0, 0.05) is 0 Å². The third-order valence-corrected chi connectivity index (χ3v) is 1.93. The number of carbonyl (C=O) groups excluding carboxylic acids is 1. The Hall–Kier alpha value is -2.06. The van der Waals surface area contributed by atoms with Crippen LogP contribution in [0, 0.1) is 0 Å². The Morgan fingerprint density at radius 1 is 0.900 bits per heavy atom. The molecule has 1 aromatic carbocycles. The van der Waals surface area contributed by atoms with Gasteiger partial charge in [-0.1, -0.05) is 18.2 Å². The molecular weight excluding hydrogens is 297 g/mol. The van der Waals surface area contributed by atoms with Crippen LogP contribution in [0.3, 0.4) is 0 Å². The summed E-state index contributed by atoms with van der Waals surface area (Å²) in [5.41, 5.74) is -0.465. The average molecular weight is 302 g/mol. The molecule has 0 bridgehead atoms. The fourth-order valence-corrected chi connectivity index (χ4v) is 1.05. The summed E-state index contributed by atoms with van der Waals surface area (Å²) in [6.07, 6.45) is -11.3. The van der Waals surface area contributed by atoms with Crippen LogP contribution in [0.15, 0.2) is 42.0 Å². The van der Waals surface area contributed by atoms with Gasteiger partial charge in [0.15, 0.2) is 0 Å². The molecule has 110 valence electrons. The Kier molecular flexibility index (Phi) is 4.41. The van der Waals surface area contributed by atoms with E-state index < -0.39 is 35.5 Å². The van der Waals surface area contributed by atoms with E-state index in [2.05, 4.69) is 4.74 Å². The van der Waals surface area contributed by atoms with Gasteiger partial charge in [0.2, 0.25) is 5.83 Å². The average Bonchev–Trinajstić information content (AvgIpc) is 2.36. The van der Waals surface area contributed by atoms with E-state index in [1.165, 1.54) is 18.2 Å². The molecule has 0 aromatic heterocycles. The molecule has 0 aliphatic heterocycles. The van der Waals surface area contributed by atoms with Crippen LogP contribution < -0.4 is 0 Å². The summed E-state index contributed by atoms with van der Waals surface area (Å²) in [5, 5.41) is 0. The highest BCUT2D eigenvalue weighted by Gasteiger charge is 2.50. The van der Waals surface area contributed by atoms with Crippen LogP contribution >= 0.6 is 0 Å². The fraction of sp³-hybridized carbons (Fsp3) is 0.182. The molecule has 0 saturated carbocycles. The first-order valence-corrected chi connectivity index (χ1v) is 4.85. The van der Waals surface area contributed by atoms with Gasteiger partial charge in [0.05, 0.1) is 5.56 Å². The molecule has 0 atom stereocenters. The van der Waals surface area contributed by atoms with Crippen molar-refractivity contribution >= 4 is 5.97 Å².